The molecule has 0 aliphatic rings. The first kappa shape index (κ1) is 14.6. The molecule has 8 heteroatoms. The maximum absolute atomic E-state index is 12.3. The summed E-state index contributed by atoms with van der Waals surface area (Å²) >= 11 is 2.57. The zero-order valence-corrected chi connectivity index (χ0v) is 13.4. The van der Waals surface area contributed by atoms with Crippen LogP contribution in [0.15, 0.2) is 23.7 Å². The fourth-order valence-electron chi connectivity index (χ4n) is 1.90. The summed E-state index contributed by atoms with van der Waals surface area (Å²) in [5, 5.41) is 3.07. The zero-order chi connectivity index (χ0) is 15.7. The van der Waals surface area contributed by atoms with Gasteiger partial charge in [-0.1, -0.05) is 11.3 Å². The fourth-order valence-corrected chi connectivity index (χ4v) is 3.49. The van der Waals surface area contributed by atoms with Crippen molar-refractivity contribution >= 4 is 49.9 Å². The average Bonchev–Trinajstić information content (AvgIpc) is 3.11. The molecule has 3 aromatic rings. The van der Waals surface area contributed by atoms with Crippen LogP contribution in [0.3, 0.4) is 0 Å². The lowest BCUT2D eigenvalue weighted by Crippen LogP contribution is -2.11. The highest BCUT2D eigenvalue weighted by atomic mass is 32.1. The van der Waals surface area contributed by atoms with E-state index in [4.69, 9.17) is 0 Å². The predicted molar refractivity (Wildman–Crippen MR) is 85.8 cm³/mol. The molecule has 1 N–H and O–H groups in total. The molecule has 0 spiro atoms. The largest absolute Gasteiger partial charge is 0.465 e. The van der Waals surface area contributed by atoms with Crippen LogP contribution in [0.25, 0.3) is 10.2 Å². The van der Waals surface area contributed by atoms with Crippen molar-refractivity contribution in [2.45, 2.75) is 6.92 Å². The van der Waals surface area contributed by atoms with Gasteiger partial charge < -0.3 is 4.74 Å². The van der Waals surface area contributed by atoms with E-state index in [1.165, 1.54) is 18.4 Å². The summed E-state index contributed by atoms with van der Waals surface area (Å²) in [5.74, 6) is -0.734. The second-order valence-corrected chi connectivity index (χ2v) is 6.30. The van der Waals surface area contributed by atoms with Gasteiger partial charge in [-0.2, -0.15) is 0 Å². The van der Waals surface area contributed by atoms with E-state index in [1.807, 2.05) is 0 Å². The molecule has 1 amide bonds. The quantitative estimate of drug-likeness (QED) is 0.745. The van der Waals surface area contributed by atoms with Crippen molar-refractivity contribution in [3.8, 4) is 0 Å². The van der Waals surface area contributed by atoms with E-state index < -0.39 is 5.97 Å². The number of methoxy groups -OCH3 is 1. The lowest BCUT2D eigenvalue weighted by Gasteiger charge is -2.01. The van der Waals surface area contributed by atoms with Crippen molar-refractivity contribution in [2.75, 3.05) is 12.4 Å². The summed E-state index contributed by atoms with van der Waals surface area (Å²) in [6, 6.07) is 5.29. The summed E-state index contributed by atoms with van der Waals surface area (Å²) in [4.78, 5) is 32.5. The Bertz CT molecular complexity index is 869. The van der Waals surface area contributed by atoms with E-state index in [1.54, 1.807) is 30.6 Å². The molecule has 22 heavy (non-hydrogen) atoms. The third kappa shape index (κ3) is 2.70. The van der Waals surface area contributed by atoms with Crippen molar-refractivity contribution in [1.29, 1.82) is 0 Å². The Morgan fingerprint density at radius 2 is 2.14 bits per heavy atom. The Morgan fingerprint density at radius 3 is 2.91 bits per heavy atom. The smallest absolute Gasteiger partial charge is 0.350 e. The number of carbonyl (C=O) groups excluding carboxylic acids is 2. The highest BCUT2D eigenvalue weighted by molar-refractivity contribution is 7.17. The van der Waals surface area contributed by atoms with Gasteiger partial charge in [0.25, 0.3) is 5.91 Å². The number of hydrogen-bond donors (Lipinski definition) is 1. The molecule has 0 aliphatic heterocycles. The third-order valence-corrected chi connectivity index (χ3v) is 4.83. The Balaban J connectivity index is 1.83. The molecule has 0 saturated carbocycles. The second kappa shape index (κ2) is 5.82. The molecular weight excluding hydrogens is 322 g/mol. The summed E-state index contributed by atoms with van der Waals surface area (Å²) in [5.41, 5.74) is 3.65. The number of ether oxygens (including phenoxy) is 1. The first-order chi connectivity index (χ1) is 10.6. The Morgan fingerprint density at radius 1 is 1.32 bits per heavy atom. The summed E-state index contributed by atoms with van der Waals surface area (Å²) in [6.07, 6.45) is 0. The predicted octanol–water partition coefficient (Wildman–Crippen LogP) is 3.10. The Labute approximate surface area is 133 Å². The monoisotopic (exact) mass is 333 g/mol. The van der Waals surface area contributed by atoms with Crippen LogP contribution in [0.4, 0.5) is 5.13 Å². The van der Waals surface area contributed by atoms with E-state index in [0.717, 1.165) is 21.6 Å². The molecule has 2 aromatic heterocycles. The standard InChI is InChI=1S/C14H11N3O3S2/c1-7-11(13(19)20-2)22-14(16-7)17-12(18)8-3-4-9-10(5-8)21-6-15-9/h3-6H,1-2H3,(H,16,17,18). The average molecular weight is 333 g/mol. The van der Waals surface area contributed by atoms with Crippen LogP contribution in [0, 0.1) is 6.92 Å². The first-order valence-electron chi connectivity index (χ1n) is 6.29. The number of rotatable bonds is 3. The van der Waals surface area contributed by atoms with Gasteiger partial charge in [0.15, 0.2) is 5.13 Å². The molecule has 0 bridgehead atoms. The van der Waals surface area contributed by atoms with Gasteiger partial charge in [0.1, 0.15) is 4.88 Å². The van der Waals surface area contributed by atoms with Gasteiger partial charge in [0, 0.05) is 5.56 Å². The number of amides is 1. The Kier molecular flexibility index (Phi) is 3.86. The minimum absolute atomic E-state index is 0.277. The molecule has 0 fully saturated rings. The lowest BCUT2D eigenvalue weighted by atomic mass is 10.2. The number of aromatic nitrogens is 2. The molecule has 0 atom stereocenters. The second-order valence-electron chi connectivity index (χ2n) is 4.41. The summed E-state index contributed by atoms with van der Waals surface area (Å²) < 4.78 is 5.62. The lowest BCUT2D eigenvalue weighted by molar-refractivity contribution is 0.0605. The fraction of sp³-hybridized carbons (Fsp3) is 0.143. The highest BCUT2D eigenvalue weighted by Crippen LogP contribution is 2.24. The number of hydrogen-bond acceptors (Lipinski definition) is 7. The van der Waals surface area contributed by atoms with E-state index >= 15 is 0 Å². The number of nitrogens with one attached hydrogen (secondary N) is 1. The molecule has 0 unspecified atom stereocenters. The van der Waals surface area contributed by atoms with E-state index in [9.17, 15) is 9.59 Å². The van der Waals surface area contributed by atoms with Crippen molar-refractivity contribution < 1.29 is 14.3 Å². The molecule has 6 nitrogen and oxygen atoms in total. The Hall–Kier alpha value is -2.32. The zero-order valence-electron chi connectivity index (χ0n) is 11.7. The van der Waals surface area contributed by atoms with Crippen LogP contribution < -0.4 is 5.32 Å². The molecule has 1 aromatic carbocycles. The molecular formula is C14H11N3O3S2. The van der Waals surface area contributed by atoms with E-state index in [2.05, 4.69) is 20.0 Å². The van der Waals surface area contributed by atoms with Crippen LogP contribution in [0.5, 0.6) is 0 Å². The van der Waals surface area contributed by atoms with Crippen molar-refractivity contribution in [3.63, 3.8) is 0 Å². The summed E-state index contributed by atoms with van der Waals surface area (Å²) in [7, 11) is 1.31. The molecule has 3 rings (SSSR count). The first-order valence-corrected chi connectivity index (χ1v) is 7.98. The van der Waals surface area contributed by atoms with E-state index in [0.29, 0.717) is 21.3 Å². The van der Waals surface area contributed by atoms with Crippen LogP contribution in [0.1, 0.15) is 25.7 Å². The maximum atomic E-state index is 12.3. The van der Waals surface area contributed by atoms with Crippen molar-refractivity contribution in [3.05, 3.63) is 39.8 Å². The molecule has 112 valence electrons. The highest BCUT2D eigenvalue weighted by Gasteiger charge is 2.17. The molecule has 0 radical (unpaired) electrons. The maximum Gasteiger partial charge on any atom is 0.350 e. The minimum Gasteiger partial charge on any atom is -0.465 e. The number of esters is 1. The van der Waals surface area contributed by atoms with Gasteiger partial charge in [0.2, 0.25) is 0 Å². The molecule has 0 saturated heterocycles. The number of nitrogens with zero attached hydrogens (tertiary/aromatic N) is 2. The van der Waals surface area contributed by atoms with Gasteiger partial charge in [-0.25, -0.2) is 14.8 Å². The SMILES string of the molecule is COC(=O)c1sc(NC(=O)c2ccc3ncsc3c2)nc1C. The van der Waals surface area contributed by atoms with Gasteiger partial charge >= 0.3 is 5.97 Å². The van der Waals surface area contributed by atoms with Crippen molar-refractivity contribution in [2.24, 2.45) is 0 Å². The van der Waals surface area contributed by atoms with Crippen LogP contribution >= 0.6 is 22.7 Å². The van der Waals surface area contributed by atoms with Gasteiger partial charge in [-0.05, 0) is 25.1 Å². The van der Waals surface area contributed by atoms with Gasteiger partial charge in [0.05, 0.1) is 28.5 Å². The third-order valence-electron chi connectivity index (χ3n) is 2.98. The molecule has 2 heterocycles. The van der Waals surface area contributed by atoms with Gasteiger partial charge in [-0.15, -0.1) is 11.3 Å². The van der Waals surface area contributed by atoms with Crippen LogP contribution in [0.2, 0.25) is 0 Å². The van der Waals surface area contributed by atoms with Crippen molar-refractivity contribution in [1.82, 2.24) is 9.97 Å². The topological polar surface area (TPSA) is 81.2 Å². The summed E-state index contributed by atoms with van der Waals surface area (Å²) in [6.45, 7) is 1.70. The van der Waals surface area contributed by atoms with Gasteiger partial charge in [-0.3, -0.25) is 10.1 Å². The van der Waals surface area contributed by atoms with Crippen LogP contribution in [-0.2, 0) is 4.74 Å². The number of benzene rings is 1. The molecule has 0 aliphatic carbocycles. The minimum atomic E-state index is -0.457. The number of aryl methyl sites for hydroxylation is 1. The number of anilines is 1. The van der Waals surface area contributed by atoms with Crippen LogP contribution in [-0.4, -0.2) is 29.0 Å². The number of carbonyl (C=O) groups is 2. The normalized spacial score (nSPS) is 10.6. The van der Waals surface area contributed by atoms with E-state index in [-0.39, 0.29) is 5.91 Å². The number of thiazole rings is 2. The number of fused-ring (bicyclic) bond motifs is 1.